The fourth-order valence-corrected chi connectivity index (χ4v) is 1.32. The highest BCUT2D eigenvalue weighted by molar-refractivity contribution is 5.64. The summed E-state index contributed by atoms with van der Waals surface area (Å²) in [4.78, 5) is 10.3. The minimum Gasteiger partial charge on any atom is -0.465 e. The molecule has 5 nitrogen and oxygen atoms in total. The van der Waals surface area contributed by atoms with Crippen LogP contribution in [0.1, 0.15) is 6.42 Å². The van der Waals surface area contributed by atoms with Crippen LogP contribution in [-0.2, 0) is 4.74 Å². The first-order valence-electron chi connectivity index (χ1n) is 3.92. The van der Waals surface area contributed by atoms with Crippen molar-refractivity contribution in [3.05, 3.63) is 0 Å². The van der Waals surface area contributed by atoms with Gasteiger partial charge in [0.1, 0.15) is 0 Å². The van der Waals surface area contributed by atoms with E-state index in [1.807, 2.05) is 0 Å². The van der Waals surface area contributed by atoms with Gasteiger partial charge in [0.05, 0.1) is 12.6 Å². The van der Waals surface area contributed by atoms with Gasteiger partial charge in [-0.1, -0.05) is 0 Å². The molecule has 70 valence electrons. The molecule has 0 aromatic heterocycles. The molecule has 0 unspecified atom stereocenters. The average molecular weight is 175 g/mol. The van der Waals surface area contributed by atoms with Crippen molar-refractivity contribution in [1.29, 1.82) is 0 Å². The molecular formula is C7H13NO4. The molecule has 0 aromatic carbocycles. The summed E-state index contributed by atoms with van der Waals surface area (Å²) in [7, 11) is 0. The SMILES string of the molecule is O=C(O)N[C@H]1COCC[C@@H]1CO. The molecule has 1 rings (SSSR count). The molecule has 0 spiro atoms. The minimum atomic E-state index is -1.07. The van der Waals surface area contributed by atoms with E-state index in [1.165, 1.54) is 0 Å². The molecule has 1 fully saturated rings. The average Bonchev–Trinajstić information content (AvgIpc) is 2.04. The molecule has 1 saturated heterocycles. The van der Waals surface area contributed by atoms with Crippen LogP contribution >= 0.6 is 0 Å². The molecule has 0 bridgehead atoms. The molecule has 1 amide bonds. The van der Waals surface area contributed by atoms with Gasteiger partial charge in [0.2, 0.25) is 0 Å². The Bertz CT molecular complexity index is 161. The lowest BCUT2D eigenvalue weighted by atomic mass is 9.96. The molecule has 5 heteroatoms. The zero-order chi connectivity index (χ0) is 8.97. The summed E-state index contributed by atoms with van der Waals surface area (Å²) in [5, 5.41) is 19.6. The van der Waals surface area contributed by atoms with Gasteiger partial charge in [-0.3, -0.25) is 0 Å². The molecular weight excluding hydrogens is 162 g/mol. The van der Waals surface area contributed by atoms with E-state index in [9.17, 15) is 4.79 Å². The summed E-state index contributed by atoms with van der Waals surface area (Å²) in [6.45, 7) is 0.967. The van der Waals surface area contributed by atoms with Crippen molar-refractivity contribution in [2.24, 2.45) is 5.92 Å². The number of aliphatic hydroxyl groups is 1. The fourth-order valence-electron chi connectivity index (χ4n) is 1.32. The molecule has 2 atom stereocenters. The number of carboxylic acid groups (broad SMARTS) is 1. The van der Waals surface area contributed by atoms with Crippen LogP contribution in [0.3, 0.4) is 0 Å². The number of rotatable bonds is 2. The van der Waals surface area contributed by atoms with E-state index in [-0.39, 0.29) is 18.6 Å². The first kappa shape index (κ1) is 9.28. The predicted octanol–water partition coefficient (Wildman–Crippen LogP) is -0.349. The molecule has 3 N–H and O–H groups in total. The second-order valence-electron chi connectivity index (χ2n) is 2.86. The van der Waals surface area contributed by atoms with Gasteiger partial charge < -0.3 is 20.3 Å². The third-order valence-corrected chi connectivity index (χ3v) is 2.04. The van der Waals surface area contributed by atoms with Gasteiger partial charge in [0.15, 0.2) is 0 Å². The predicted molar refractivity (Wildman–Crippen MR) is 41.0 cm³/mol. The van der Waals surface area contributed by atoms with E-state index >= 15 is 0 Å². The van der Waals surface area contributed by atoms with Crippen molar-refractivity contribution in [1.82, 2.24) is 5.32 Å². The van der Waals surface area contributed by atoms with E-state index in [1.54, 1.807) is 0 Å². The Morgan fingerprint density at radius 2 is 2.42 bits per heavy atom. The highest BCUT2D eigenvalue weighted by Crippen LogP contribution is 2.14. The largest absolute Gasteiger partial charge is 0.465 e. The monoisotopic (exact) mass is 175 g/mol. The zero-order valence-corrected chi connectivity index (χ0v) is 6.69. The Labute approximate surface area is 70.3 Å². The number of carbonyl (C=O) groups is 1. The second-order valence-corrected chi connectivity index (χ2v) is 2.86. The highest BCUT2D eigenvalue weighted by atomic mass is 16.5. The maximum atomic E-state index is 10.3. The minimum absolute atomic E-state index is 0.00477. The van der Waals surface area contributed by atoms with Crippen LogP contribution in [0.4, 0.5) is 4.79 Å². The van der Waals surface area contributed by atoms with Gasteiger partial charge in [-0.05, 0) is 6.42 Å². The van der Waals surface area contributed by atoms with Crippen molar-refractivity contribution in [3.8, 4) is 0 Å². The Morgan fingerprint density at radius 3 is 3.00 bits per heavy atom. The third kappa shape index (κ3) is 2.35. The fraction of sp³-hybridized carbons (Fsp3) is 0.857. The normalized spacial score (nSPS) is 29.8. The van der Waals surface area contributed by atoms with Gasteiger partial charge in [0, 0.05) is 19.1 Å². The number of hydrogen-bond donors (Lipinski definition) is 3. The maximum absolute atomic E-state index is 10.3. The van der Waals surface area contributed by atoms with Gasteiger partial charge >= 0.3 is 6.09 Å². The maximum Gasteiger partial charge on any atom is 0.404 e. The highest BCUT2D eigenvalue weighted by Gasteiger charge is 2.26. The van der Waals surface area contributed by atoms with Crippen molar-refractivity contribution in [2.45, 2.75) is 12.5 Å². The van der Waals surface area contributed by atoms with Crippen molar-refractivity contribution >= 4 is 6.09 Å². The van der Waals surface area contributed by atoms with Crippen LogP contribution in [0.5, 0.6) is 0 Å². The summed E-state index contributed by atoms with van der Waals surface area (Å²) < 4.78 is 5.08. The third-order valence-electron chi connectivity index (χ3n) is 2.04. The van der Waals surface area contributed by atoms with E-state index < -0.39 is 6.09 Å². The Kier molecular flexibility index (Phi) is 3.31. The lowest BCUT2D eigenvalue weighted by Gasteiger charge is -2.29. The number of aliphatic hydroxyl groups excluding tert-OH is 1. The Balaban J connectivity index is 2.41. The molecule has 0 saturated carbocycles. The van der Waals surface area contributed by atoms with Gasteiger partial charge in [-0.2, -0.15) is 0 Å². The second kappa shape index (κ2) is 4.27. The number of nitrogens with one attached hydrogen (secondary N) is 1. The van der Waals surface area contributed by atoms with E-state index in [2.05, 4.69) is 5.32 Å². The standard InChI is InChI=1S/C7H13NO4/c9-3-5-1-2-12-4-6(5)8-7(10)11/h5-6,8-9H,1-4H2,(H,10,11)/t5-,6+/m1/s1. The first-order valence-corrected chi connectivity index (χ1v) is 3.92. The summed E-state index contributed by atoms with van der Waals surface area (Å²) in [5.74, 6) is -0.00477. The molecule has 12 heavy (non-hydrogen) atoms. The Hall–Kier alpha value is -0.810. The quantitative estimate of drug-likeness (QED) is 0.536. The van der Waals surface area contributed by atoms with Crippen molar-refractivity contribution in [3.63, 3.8) is 0 Å². The lowest BCUT2D eigenvalue weighted by molar-refractivity contribution is 0.0171. The zero-order valence-electron chi connectivity index (χ0n) is 6.69. The van der Waals surface area contributed by atoms with Gasteiger partial charge in [-0.25, -0.2) is 4.79 Å². The number of amides is 1. The number of ether oxygens (including phenoxy) is 1. The summed E-state index contributed by atoms with van der Waals surface area (Å²) in [5.41, 5.74) is 0. The molecule has 1 aliphatic heterocycles. The van der Waals surface area contributed by atoms with Crippen LogP contribution < -0.4 is 5.32 Å². The molecule has 1 heterocycles. The lowest BCUT2D eigenvalue weighted by Crippen LogP contribution is -2.47. The molecule has 0 aliphatic carbocycles. The van der Waals surface area contributed by atoms with Crippen LogP contribution in [0.15, 0.2) is 0 Å². The van der Waals surface area contributed by atoms with Crippen LogP contribution in [-0.4, -0.2) is 42.2 Å². The van der Waals surface area contributed by atoms with E-state index in [0.717, 1.165) is 0 Å². The molecule has 1 aliphatic rings. The van der Waals surface area contributed by atoms with Gasteiger partial charge in [-0.15, -0.1) is 0 Å². The summed E-state index contributed by atoms with van der Waals surface area (Å²) in [6, 6.07) is -0.263. The van der Waals surface area contributed by atoms with Crippen LogP contribution in [0, 0.1) is 5.92 Å². The summed E-state index contributed by atoms with van der Waals surface area (Å²) in [6.07, 6.45) is -0.356. The first-order chi connectivity index (χ1) is 5.74. The summed E-state index contributed by atoms with van der Waals surface area (Å²) >= 11 is 0. The van der Waals surface area contributed by atoms with Crippen LogP contribution in [0.2, 0.25) is 0 Å². The number of hydrogen-bond acceptors (Lipinski definition) is 3. The van der Waals surface area contributed by atoms with Crippen molar-refractivity contribution < 1.29 is 19.7 Å². The van der Waals surface area contributed by atoms with E-state index in [4.69, 9.17) is 14.9 Å². The Morgan fingerprint density at radius 1 is 1.67 bits per heavy atom. The smallest absolute Gasteiger partial charge is 0.404 e. The topological polar surface area (TPSA) is 78.8 Å². The van der Waals surface area contributed by atoms with Crippen molar-refractivity contribution in [2.75, 3.05) is 19.8 Å². The molecule has 0 radical (unpaired) electrons. The van der Waals surface area contributed by atoms with E-state index in [0.29, 0.717) is 19.6 Å². The molecule has 0 aromatic rings. The van der Waals surface area contributed by atoms with Gasteiger partial charge in [0.25, 0.3) is 0 Å². The van der Waals surface area contributed by atoms with Crippen LogP contribution in [0.25, 0.3) is 0 Å².